The van der Waals surface area contributed by atoms with Crippen molar-refractivity contribution in [2.24, 2.45) is 4.99 Å². The molecule has 0 unspecified atom stereocenters. The second-order valence-corrected chi connectivity index (χ2v) is 9.97. The number of fused-ring (bicyclic) bond motifs is 2. The summed E-state index contributed by atoms with van der Waals surface area (Å²) in [5.41, 5.74) is 3.13. The Morgan fingerprint density at radius 1 is 1.19 bits per heavy atom. The smallest absolute Gasteiger partial charge is 0.338 e. The SMILES string of the molecule is CCOC(=O)C1=C(C)N=c2s/c(=C\c3cn(C(C)C)c4ccccc34)c(=O)n2[C@H]1c1ccc(F)cc1. The first kappa shape index (κ1) is 23.9. The third-order valence-electron chi connectivity index (χ3n) is 6.32. The minimum absolute atomic E-state index is 0.191. The summed E-state index contributed by atoms with van der Waals surface area (Å²) in [5.74, 6) is -0.937. The quantitative estimate of drug-likeness (QED) is 0.378. The van der Waals surface area contributed by atoms with Gasteiger partial charge in [-0.25, -0.2) is 14.2 Å². The lowest BCUT2D eigenvalue weighted by Crippen LogP contribution is -2.39. The average molecular weight is 504 g/mol. The van der Waals surface area contributed by atoms with Crippen LogP contribution in [0.1, 0.15) is 50.9 Å². The zero-order valence-corrected chi connectivity index (χ0v) is 21.3. The van der Waals surface area contributed by atoms with E-state index in [-0.39, 0.29) is 23.8 Å². The zero-order valence-electron chi connectivity index (χ0n) is 20.5. The summed E-state index contributed by atoms with van der Waals surface area (Å²) >= 11 is 1.27. The highest BCUT2D eigenvalue weighted by atomic mass is 32.1. The van der Waals surface area contributed by atoms with Crippen LogP contribution in [-0.2, 0) is 9.53 Å². The van der Waals surface area contributed by atoms with E-state index in [4.69, 9.17) is 4.74 Å². The molecule has 1 aliphatic rings. The number of hydrogen-bond acceptors (Lipinski definition) is 5. The first-order chi connectivity index (χ1) is 17.3. The van der Waals surface area contributed by atoms with E-state index in [2.05, 4.69) is 35.7 Å². The maximum atomic E-state index is 13.8. The fraction of sp³-hybridized carbons (Fsp3) is 0.250. The molecule has 8 heteroatoms. The predicted molar refractivity (Wildman–Crippen MR) is 139 cm³/mol. The Morgan fingerprint density at radius 2 is 1.92 bits per heavy atom. The van der Waals surface area contributed by atoms with Crippen LogP contribution in [0.5, 0.6) is 0 Å². The van der Waals surface area contributed by atoms with Crippen LogP contribution in [0.15, 0.2) is 75.8 Å². The number of halogens is 1. The maximum absolute atomic E-state index is 13.8. The Labute approximate surface area is 211 Å². The lowest BCUT2D eigenvalue weighted by atomic mass is 9.96. The third kappa shape index (κ3) is 4.01. The van der Waals surface area contributed by atoms with E-state index in [1.165, 1.54) is 28.0 Å². The van der Waals surface area contributed by atoms with Crippen molar-refractivity contribution in [3.63, 3.8) is 0 Å². The number of carbonyl (C=O) groups is 1. The molecule has 2 aromatic heterocycles. The Hall–Kier alpha value is -3.78. The maximum Gasteiger partial charge on any atom is 0.338 e. The van der Waals surface area contributed by atoms with Gasteiger partial charge in [0.1, 0.15) is 5.82 Å². The number of hydrogen-bond donors (Lipinski definition) is 0. The van der Waals surface area contributed by atoms with Gasteiger partial charge in [0.15, 0.2) is 4.80 Å². The van der Waals surface area contributed by atoms with Crippen molar-refractivity contribution in [2.75, 3.05) is 6.61 Å². The molecule has 0 spiro atoms. The number of ether oxygens (including phenoxy) is 1. The van der Waals surface area contributed by atoms with Crippen LogP contribution in [0, 0.1) is 5.82 Å². The molecule has 36 heavy (non-hydrogen) atoms. The number of carbonyl (C=O) groups excluding carboxylic acids is 1. The van der Waals surface area contributed by atoms with Crippen LogP contribution < -0.4 is 14.9 Å². The number of rotatable bonds is 5. The lowest BCUT2D eigenvalue weighted by Gasteiger charge is -2.24. The van der Waals surface area contributed by atoms with Gasteiger partial charge in [0.05, 0.1) is 28.5 Å². The topological polar surface area (TPSA) is 65.6 Å². The molecule has 3 heterocycles. The fourth-order valence-corrected chi connectivity index (χ4v) is 5.70. The summed E-state index contributed by atoms with van der Waals surface area (Å²) in [6, 6.07) is 13.4. The first-order valence-corrected chi connectivity index (χ1v) is 12.7. The normalized spacial score (nSPS) is 15.9. The van der Waals surface area contributed by atoms with Crippen molar-refractivity contribution >= 4 is 34.3 Å². The summed E-state index contributed by atoms with van der Waals surface area (Å²) < 4.78 is 23.2. The van der Waals surface area contributed by atoms with Crippen LogP contribution in [0.4, 0.5) is 4.39 Å². The van der Waals surface area contributed by atoms with Crippen LogP contribution in [0.2, 0.25) is 0 Å². The summed E-state index contributed by atoms with van der Waals surface area (Å²) in [6.45, 7) is 7.88. The molecule has 0 fully saturated rings. The van der Waals surface area contributed by atoms with Gasteiger partial charge >= 0.3 is 5.97 Å². The molecular weight excluding hydrogens is 477 g/mol. The Balaban J connectivity index is 1.75. The highest BCUT2D eigenvalue weighted by Crippen LogP contribution is 2.31. The predicted octanol–water partition coefficient (Wildman–Crippen LogP) is 4.47. The van der Waals surface area contributed by atoms with Crippen LogP contribution in [0.3, 0.4) is 0 Å². The molecule has 184 valence electrons. The van der Waals surface area contributed by atoms with E-state index in [1.807, 2.05) is 24.3 Å². The molecule has 0 amide bonds. The molecule has 0 aliphatic carbocycles. The van der Waals surface area contributed by atoms with E-state index in [9.17, 15) is 14.0 Å². The number of para-hydroxylation sites is 1. The zero-order chi connectivity index (χ0) is 25.6. The van der Waals surface area contributed by atoms with E-state index in [1.54, 1.807) is 26.0 Å². The summed E-state index contributed by atoms with van der Waals surface area (Å²) in [4.78, 5) is 31.8. The molecule has 0 saturated heterocycles. The Kier molecular flexibility index (Phi) is 6.22. The second kappa shape index (κ2) is 9.35. The van der Waals surface area contributed by atoms with Crippen molar-refractivity contribution in [1.82, 2.24) is 9.13 Å². The van der Waals surface area contributed by atoms with Crippen molar-refractivity contribution in [2.45, 2.75) is 39.8 Å². The minimum Gasteiger partial charge on any atom is -0.463 e. The molecule has 0 bridgehead atoms. The Bertz CT molecular complexity index is 1690. The molecule has 2 aromatic carbocycles. The second-order valence-electron chi connectivity index (χ2n) is 8.96. The highest BCUT2D eigenvalue weighted by Gasteiger charge is 2.33. The lowest BCUT2D eigenvalue weighted by molar-refractivity contribution is -0.139. The number of aromatic nitrogens is 2. The fourth-order valence-electron chi connectivity index (χ4n) is 4.67. The molecule has 4 aromatic rings. The van der Waals surface area contributed by atoms with Gasteiger partial charge < -0.3 is 9.30 Å². The molecule has 0 saturated carbocycles. The van der Waals surface area contributed by atoms with Gasteiger partial charge in [0, 0.05) is 28.7 Å². The largest absolute Gasteiger partial charge is 0.463 e. The van der Waals surface area contributed by atoms with Gasteiger partial charge in [-0.05, 0) is 57.5 Å². The molecule has 5 rings (SSSR count). The van der Waals surface area contributed by atoms with E-state index < -0.39 is 17.8 Å². The first-order valence-electron chi connectivity index (χ1n) is 11.8. The van der Waals surface area contributed by atoms with Gasteiger partial charge in [0.2, 0.25) is 0 Å². The third-order valence-corrected chi connectivity index (χ3v) is 7.30. The van der Waals surface area contributed by atoms with Gasteiger partial charge in [-0.2, -0.15) is 0 Å². The summed E-state index contributed by atoms with van der Waals surface area (Å²) in [7, 11) is 0. The molecular formula is C28H26FN3O3S. The highest BCUT2D eigenvalue weighted by molar-refractivity contribution is 7.07. The number of esters is 1. The van der Waals surface area contributed by atoms with Gasteiger partial charge in [0.25, 0.3) is 5.56 Å². The monoisotopic (exact) mass is 503 g/mol. The van der Waals surface area contributed by atoms with Crippen LogP contribution >= 0.6 is 11.3 Å². The molecule has 1 aliphatic heterocycles. The number of allylic oxidation sites excluding steroid dienone is 1. The van der Waals surface area contributed by atoms with Crippen LogP contribution in [-0.4, -0.2) is 21.7 Å². The van der Waals surface area contributed by atoms with Crippen LogP contribution in [0.25, 0.3) is 17.0 Å². The average Bonchev–Trinajstić information content (AvgIpc) is 3.37. The molecule has 1 atom stereocenters. The van der Waals surface area contributed by atoms with E-state index >= 15 is 0 Å². The molecule has 6 nitrogen and oxygen atoms in total. The van der Waals surface area contributed by atoms with Crippen molar-refractivity contribution in [3.05, 3.63) is 103 Å². The standard InChI is InChI=1S/C28H26FN3O3S/c1-5-35-27(34)24-17(4)30-28-32(25(24)18-10-12-20(29)13-11-18)26(33)23(36-28)14-19-15-31(16(2)3)22-9-7-6-8-21(19)22/h6-16,25H,5H2,1-4H3/b23-14-/t25-/m0/s1. The Morgan fingerprint density at radius 3 is 2.61 bits per heavy atom. The number of thiazole rings is 1. The van der Waals surface area contributed by atoms with E-state index in [0.29, 0.717) is 20.6 Å². The molecule has 0 N–H and O–H groups in total. The number of nitrogens with zero attached hydrogens (tertiary/aromatic N) is 3. The minimum atomic E-state index is -0.764. The molecule has 0 radical (unpaired) electrons. The number of benzene rings is 2. The van der Waals surface area contributed by atoms with Crippen molar-refractivity contribution < 1.29 is 13.9 Å². The van der Waals surface area contributed by atoms with E-state index in [0.717, 1.165) is 16.5 Å². The summed E-state index contributed by atoms with van der Waals surface area (Å²) in [5, 5.41) is 1.05. The van der Waals surface area contributed by atoms with Crippen molar-refractivity contribution in [1.29, 1.82) is 0 Å². The van der Waals surface area contributed by atoms with Gasteiger partial charge in [-0.1, -0.05) is 41.7 Å². The van der Waals surface area contributed by atoms with Crippen molar-refractivity contribution in [3.8, 4) is 0 Å². The van der Waals surface area contributed by atoms with Gasteiger partial charge in [-0.15, -0.1) is 0 Å². The van der Waals surface area contributed by atoms with Gasteiger partial charge in [-0.3, -0.25) is 9.36 Å². The summed E-state index contributed by atoms with van der Waals surface area (Å²) in [6.07, 6.45) is 3.94.